The summed E-state index contributed by atoms with van der Waals surface area (Å²) in [5, 5.41) is 0.552. The van der Waals surface area contributed by atoms with Crippen LogP contribution in [0, 0.1) is 0 Å². The van der Waals surface area contributed by atoms with E-state index in [1.54, 1.807) is 18.2 Å². The maximum Gasteiger partial charge on any atom is 0.194 e. The van der Waals surface area contributed by atoms with E-state index in [0.717, 1.165) is 15.6 Å². The molecular weight excluding hydrogens is 328 g/mol. The van der Waals surface area contributed by atoms with Crippen LogP contribution in [0.3, 0.4) is 0 Å². The van der Waals surface area contributed by atoms with E-state index in [-0.39, 0.29) is 5.78 Å². The number of halogens is 2. The first-order valence-corrected chi connectivity index (χ1v) is 7.01. The minimum Gasteiger partial charge on any atom is -0.372 e. The van der Waals surface area contributed by atoms with Gasteiger partial charge in [-0.1, -0.05) is 39.7 Å². The summed E-state index contributed by atoms with van der Waals surface area (Å²) in [6.07, 6.45) is 0. The smallest absolute Gasteiger partial charge is 0.194 e. The lowest BCUT2D eigenvalue weighted by atomic mass is 9.99. The number of benzene rings is 2. The summed E-state index contributed by atoms with van der Waals surface area (Å²) in [6, 6.07) is 10.9. The van der Waals surface area contributed by atoms with Crippen LogP contribution in [0.15, 0.2) is 40.9 Å². The summed E-state index contributed by atoms with van der Waals surface area (Å²) in [4.78, 5) is 12.5. The Balaban J connectivity index is 2.02. The monoisotopic (exact) mass is 336 g/mol. The second-order valence-electron chi connectivity index (χ2n) is 4.43. The lowest BCUT2D eigenvalue weighted by Crippen LogP contribution is -2.03. The largest absolute Gasteiger partial charge is 0.372 e. The van der Waals surface area contributed by atoms with E-state index in [4.69, 9.17) is 16.3 Å². The molecule has 2 aromatic rings. The molecule has 3 rings (SSSR count). The molecule has 0 unspecified atom stereocenters. The Bertz CT molecular complexity index is 667. The predicted octanol–water partition coefficient (Wildman–Crippen LogP) is 4.36. The number of ether oxygens (including phenoxy) is 1. The van der Waals surface area contributed by atoms with Crippen molar-refractivity contribution in [2.24, 2.45) is 0 Å². The molecule has 0 aliphatic carbocycles. The lowest BCUT2D eigenvalue weighted by Gasteiger charge is -2.06. The topological polar surface area (TPSA) is 26.3 Å². The third-order valence-electron chi connectivity index (χ3n) is 3.16. The summed E-state index contributed by atoms with van der Waals surface area (Å²) in [7, 11) is 0. The van der Waals surface area contributed by atoms with Crippen LogP contribution < -0.4 is 0 Å². The van der Waals surface area contributed by atoms with Crippen molar-refractivity contribution < 1.29 is 9.53 Å². The van der Waals surface area contributed by atoms with Gasteiger partial charge in [0.05, 0.1) is 13.2 Å². The van der Waals surface area contributed by atoms with Gasteiger partial charge in [0.1, 0.15) is 0 Å². The molecule has 0 atom stereocenters. The molecule has 0 N–H and O–H groups in total. The SMILES string of the molecule is O=C(c1ccc2c(c1)COC2)c1cc(Cl)ccc1Br. The zero-order valence-corrected chi connectivity index (χ0v) is 12.3. The molecule has 1 heterocycles. The van der Waals surface area contributed by atoms with Gasteiger partial charge >= 0.3 is 0 Å². The number of fused-ring (bicyclic) bond motifs is 1. The first kappa shape index (κ1) is 12.9. The number of rotatable bonds is 2. The van der Waals surface area contributed by atoms with Crippen molar-refractivity contribution in [2.45, 2.75) is 13.2 Å². The van der Waals surface area contributed by atoms with Gasteiger partial charge in [-0.2, -0.15) is 0 Å². The fourth-order valence-electron chi connectivity index (χ4n) is 2.14. The molecule has 19 heavy (non-hydrogen) atoms. The molecule has 0 amide bonds. The van der Waals surface area contributed by atoms with Crippen molar-refractivity contribution in [2.75, 3.05) is 0 Å². The Morgan fingerprint density at radius 1 is 1.11 bits per heavy atom. The van der Waals surface area contributed by atoms with Crippen LogP contribution in [-0.2, 0) is 18.0 Å². The van der Waals surface area contributed by atoms with Crippen LogP contribution in [0.1, 0.15) is 27.0 Å². The number of ketones is 1. The fraction of sp³-hybridized carbons (Fsp3) is 0.133. The van der Waals surface area contributed by atoms with E-state index in [0.29, 0.717) is 29.4 Å². The van der Waals surface area contributed by atoms with Crippen LogP contribution in [0.2, 0.25) is 5.02 Å². The first-order chi connectivity index (χ1) is 9.15. The molecule has 0 aromatic heterocycles. The van der Waals surface area contributed by atoms with Crippen LogP contribution in [0.5, 0.6) is 0 Å². The molecule has 96 valence electrons. The van der Waals surface area contributed by atoms with Gasteiger partial charge in [-0.05, 0) is 35.4 Å². The molecule has 0 radical (unpaired) electrons. The number of carbonyl (C=O) groups excluding carboxylic acids is 1. The van der Waals surface area contributed by atoms with Crippen molar-refractivity contribution in [1.29, 1.82) is 0 Å². The van der Waals surface area contributed by atoms with Gasteiger partial charge in [-0.15, -0.1) is 0 Å². The van der Waals surface area contributed by atoms with Gasteiger partial charge in [0.15, 0.2) is 5.78 Å². The minimum atomic E-state index is -0.0379. The van der Waals surface area contributed by atoms with Gasteiger partial charge in [-0.3, -0.25) is 4.79 Å². The van der Waals surface area contributed by atoms with Crippen LogP contribution in [0.4, 0.5) is 0 Å². The Hall–Kier alpha value is -1.16. The molecule has 0 saturated carbocycles. The van der Waals surface area contributed by atoms with Crippen LogP contribution >= 0.6 is 27.5 Å². The van der Waals surface area contributed by atoms with E-state index >= 15 is 0 Å². The highest BCUT2D eigenvalue weighted by Gasteiger charge is 2.17. The van der Waals surface area contributed by atoms with E-state index in [2.05, 4.69) is 15.9 Å². The molecule has 0 spiro atoms. The summed E-state index contributed by atoms with van der Waals surface area (Å²) in [6.45, 7) is 1.21. The third-order valence-corrected chi connectivity index (χ3v) is 4.08. The fourth-order valence-corrected chi connectivity index (χ4v) is 2.74. The zero-order valence-electron chi connectivity index (χ0n) is 9.95. The quantitative estimate of drug-likeness (QED) is 0.761. The molecular formula is C15H10BrClO2. The van der Waals surface area contributed by atoms with Crippen LogP contribution in [0.25, 0.3) is 0 Å². The number of carbonyl (C=O) groups is 1. The van der Waals surface area contributed by atoms with Crippen molar-refractivity contribution in [1.82, 2.24) is 0 Å². The molecule has 0 bridgehead atoms. The van der Waals surface area contributed by atoms with E-state index < -0.39 is 0 Å². The van der Waals surface area contributed by atoms with Crippen molar-refractivity contribution >= 4 is 33.3 Å². The second-order valence-corrected chi connectivity index (χ2v) is 5.72. The average Bonchev–Trinajstić information content (AvgIpc) is 2.88. The number of hydrogen-bond acceptors (Lipinski definition) is 2. The Kier molecular flexibility index (Phi) is 3.44. The standard InChI is InChI=1S/C15H10BrClO2/c16-14-4-3-12(17)6-13(14)15(18)9-1-2-10-7-19-8-11(10)5-9/h1-6H,7-8H2. The lowest BCUT2D eigenvalue weighted by molar-refractivity contribution is 0.103. The number of hydrogen-bond donors (Lipinski definition) is 0. The minimum absolute atomic E-state index is 0.0379. The van der Waals surface area contributed by atoms with E-state index in [1.165, 1.54) is 0 Å². The molecule has 0 fully saturated rings. The third kappa shape index (κ3) is 2.46. The highest BCUT2D eigenvalue weighted by molar-refractivity contribution is 9.10. The summed E-state index contributed by atoms with van der Waals surface area (Å²) < 4.78 is 6.11. The Labute approximate surface area is 124 Å². The second kappa shape index (κ2) is 5.08. The highest BCUT2D eigenvalue weighted by atomic mass is 79.9. The van der Waals surface area contributed by atoms with Gasteiger partial charge < -0.3 is 4.74 Å². The van der Waals surface area contributed by atoms with Gasteiger partial charge in [0, 0.05) is 20.6 Å². The van der Waals surface area contributed by atoms with Crippen molar-refractivity contribution in [3.8, 4) is 0 Å². The summed E-state index contributed by atoms with van der Waals surface area (Å²) in [5.41, 5.74) is 3.48. The maximum absolute atomic E-state index is 12.5. The maximum atomic E-state index is 12.5. The molecule has 2 aromatic carbocycles. The summed E-state index contributed by atoms with van der Waals surface area (Å²) in [5.74, 6) is -0.0379. The van der Waals surface area contributed by atoms with E-state index in [9.17, 15) is 4.79 Å². The summed E-state index contributed by atoms with van der Waals surface area (Å²) >= 11 is 9.34. The zero-order chi connectivity index (χ0) is 13.4. The molecule has 4 heteroatoms. The molecule has 1 aliphatic heterocycles. The Morgan fingerprint density at radius 2 is 1.89 bits per heavy atom. The average molecular weight is 338 g/mol. The van der Waals surface area contributed by atoms with Crippen LogP contribution in [-0.4, -0.2) is 5.78 Å². The molecule has 2 nitrogen and oxygen atoms in total. The van der Waals surface area contributed by atoms with Gasteiger partial charge in [-0.25, -0.2) is 0 Å². The highest BCUT2D eigenvalue weighted by Crippen LogP contribution is 2.26. The first-order valence-electron chi connectivity index (χ1n) is 5.84. The normalized spacial score (nSPS) is 13.4. The molecule has 1 aliphatic rings. The predicted molar refractivity (Wildman–Crippen MR) is 77.5 cm³/mol. The van der Waals surface area contributed by atoms with Crippen molar-refractivity contribution in [3.63, 3.8) is 0 Å². The van der Waals surface area contributed by atoms with Gasteiger partial charge in [0.25, 0.3) is 0 Å². The molecule has 0 saturated heterocycles. The Morgan fingerprint density at radius 3 is 2.74 bits per heavy atom. The van der Waals surface area contributed by atoms with E-state index in [1.807, 2.05) is 18.2 Å². The van der Waals surface area contributed by atoms with Crippen molar-refractivity contribution in [3.05, 3.63) is 68.1 Å². The van der Waals surface area contributed by atoms with Gasteiger partial charge in [0.2, 0.25) is 0 Å².